The average molecular weight is 300 g/mol. The predicted octanol–water partition coefficient (Wildman–Crippen LogP) is 2.37. The summed E-state index contributed by atoms with van der Waals surface area (Å²) in [5.74, 6) is 0.494. The molecule has 2 aromatic rings. The number of pyridine rings is 1. The van der Waals surface area contributed by atoms with Crippen molar-refractivity contribution >= 4 is 5.91 Å². The minimum absolute atomic E-state index is 0.197. The number of rotatable bonds is 3. The van der Waals surface area contributed by atoms with Crippen LogP contribution in [0.5, 0.6) is 5.75 Å². The third-order valence-corrected chi connectivity index (χ3v) is 3.01. The maximum absolute atomic E-state index is 12.2. The summed E-state index contributed by atoms with van der Waals surface area (Å²) in [5, 5.41) is 2.88. The lowest BCUT2D eigenvalue weighted by Gasteiger charge is -2.20. The Morgan fingerprint density at radius 2 is 1.73 bits per heavy atom. The second-order valence-electron chi connectivity index (χ2n) is 6.03. The predicted molar refractivity (Wildman–Crippen MR) is 85.8 cm³/mol. The SMILES string of the molecule is COc1ccc(-n2cc(C(=O)NC(C)(C)C)ccc2=O)cc1. The molecular weight excluding hydrogens is 280 g/mol. The van der Waals surface area contributed by atoms with E-state index in [4.69, 9.17) is 4.74 Å². The zero-order valence-electron chi connectivity index (χ0n) is 13.2. The Balaban J connectivity index is 2.38. The molecule has 1 aromatic heterocycles. The van der Waals surface area contributed by atoms with E-state index in [-0.39, 0.29) is 17.0 Å². The largest absolute Gasteiger partial charge is 0.497 e. The Kier molecular flexibility index (Phi) is 4.35. The molecule has 0 unspecified atom stereocenters. The molecule has 22 heavy (non-hydrogen) atoms. The minimum Gasteiger partial charge on any atom is -0.497 e. The second-order valence-corrected chi connectivity index (χ2v) is 6.03. The van der Waals surface area contributed by atoms with Crippen LogP contribution in [0, 0.1) is 0 Å². The molecule has 0 aliphatic heterocycles. The highest BCUT2D eigenvalue weighted by Crippen LogP contribution is 2.14. The molecule has 0 saturated heterocycles. The van der Waals surface area contributed by atoms with Crippen LogP contribution < -0.4 is 15.6 Å². The highest BCUT2D eigenvalue weighted by atomic mass is 16.5. The number of amides is 1. The molecular formula is C17H20N2O3. The summed E-state index contributed by atoms with van der Waals surface area (Å²) in [7, 11) is 1.58. The molecule has 2 rings (SSSR count). The van der Waals surface area contributed by atoms with Crippen molar-refractivity contribution in [2.75, 3.05) is 7.11 Å². The van der Waals surface area contributed by atoms with Gasteiger partial charge in [0, 0.05) is 23.5 Å². The van der Waals surface area contributed by atoms with Gasteiger partial charge >= 0.3 is 0 Å². The number of carbonyl (C=O) groups excluding carboxylic acids is 1. The fourth-order valence-corrected chi connectivity index (χ4v) is 1.98. The van der Waals surface area contributed by atoms with Gasteiger partial charge < -0.3 is 10.1 Å². The number of methoxy groups -OCH3 is 1. The third kappa shape index (κ3) is 3.75. The van der Waals surface area contributed by atoms with Crippen LogP contribution in [0.15, 0.2) is 47.4 Å². The summed E-state index contributed by atoms with van der Waals surface area (Å²) in [6.07, 6.45) is 1.55. The van der Waals surface area contributed by atoms with Gasteiger partial charge in [-0.3, -0.25) is 14.2 Å². The van der Waals surface area contributed by atoms with Crippen LogP contribution in [0.4, 0.5) is 0 Å². The van der Waals surface area contributed by atoms with Crippen LogP contribution in [0.1, 0.15) is 31.1 Å². The van der Waals surface area contributed by atoms with Crippen molar-refractivity contribution in [3.8, 4) is 11.4 Å². The molecule has 1 heterocycles. The zero-order chi connectivity index (χ0) is 16.3. The maximum atomic E-state index is 12.2. The molecule has 1 aromatic carbocycles. The molecule has 0 spiro atoms. The van der Waals surface area contributed by atoms with Crippen molar-refractivity contribution in [3.05, 3.63) is 58.5 Å². The Hall–Kier alpha value is -2.56. The lowest BCUT2D eigenvalue weighted by Crippen LogP contribution is -2.41. The van der Waals surface area contributed by atoms with Gasteiger partial charge in [-0.1, -0.05) is 0 Å². The van der Waals surface area contributed by atoms with Crippen molar-refractivity contribution in [1.29, 1.82) is 0 Å². The fraction of sp³-hybridized carbons (Fsp3) is 0.294. The molecule has 0 aliphatic carbocycles. The Bertz CT molecular complexity index is 725. The van der Waals surface area contributed by atoms with Crippen LogP contribution in [0.25, 0.3) is 5.69 Å². The molecule has 0 atom stereocenters. The standard InChI is InChI=1S/C17H20N2O3/c1-17(2,3)18-16(21)12-5-10-15(20)19(11-12)13-6-8-14(22-4)9-7-13/h5-11H,1-4H3,(H,18,21). The van der Waals surface area contributed by atoms with Crippen molar-refractivity contribution in [2.45, 2.75) is 26.3 Å². The smallest absolute Gasteiger partial charge is 0.255 e. The van der Waals surface area contributed by atoms with Crippen molar-refractivity contribution in [1.82, 2.24) is 9.88 Å². The summed E-state index contributed by atoms with van der Waals surface area (Å²) in [5.41, 5.74) is 0.581. The van der Waals surface area contributed by atoms with E-state index < -0.39 is 0 Å². The number of aromatic nitrogens is 1. The lowest BCUT2D eigenvalue weighted by molar-refractivity contribution is 0.0919. The Morgan fingerprint density at radius 1 is 1.09 bits per heavy atom. The van der Waals surface area contributed by atoms with E-state index in [0.717, 1.165) is 0 Å². The molecule has 5 nitrogen and oxygen atoms in total. The first-order chi connectivity index (χ1) is 10.3. The summed E-state index contributed by atoms with van der Waals surface area (Å²) in [6, 6.07) is 10.00. The third-order valence-electron chi connectivity index (χ3n) is 3.01. The quantitative estimate of drug-likeness (QED) is 0.946. The number of hydrogen-bond donors (Lipinski definition) is 1. The lowest BCUT2D eigenvalue weighted by atomic mass is 10.1. The summed E-state index contributed by atoms with van der Waals surface area (Å²) in [6.45, 7) is 5.72. The normalized spacial score (nSPS) is 11.1. The van der Waals surface area contributed by atoms with E-state index >= 15 is 0 Å². The summed E-state index contributed by atoms with van der Waals surface area (Å²) < 4.78 is 6.54. The van der Waals surface area contributed by atoms with E-state index in [1.807, 2.05) is 20.8 Å². The van der Waals surface area contributed by atoms with E-state index in [2.05, 4.69) is 5.32 Å². The fourth-order valence-electron chi connectivity index (χ4n) is 1.98. The van der Waals surface area contributed by atoms with Gasteiger partial charge in [0.05, 0.1) is 12.7 Å². The summed E-state index contributed by atoms with van der Waals surface area (Å²) in [4.78, 5) is 24.2. The minimum atomic E-state index is -0.335. The van der Waals surface area contributed by atoms with E-state index in [0.29, 0.717) is 17.0 Å². The maximum Gasteiger partial charge on any atom is 0.255 e. The van der Waals surface area contributed by atoms with Gasteiger partial charge in [0.15, 0.2) is 0 Å². The molecule has 0 fully saturated rings. The molecule has 0 bridgehead atoms. The van der Waals surface area contributed by atoms with E-state index in [1.165, 1.54) is 16.7 Å². The van der Waals surface area contributed by atoms with Crippen LogP contribution >= 0.6 is 0 Å². The van der Waals surface area contributed by atoms with Crippen LogP contribution in [0.3, 0.4) is 0 Å². The monoisotopic (exact) mass is 300 g/mol. The number of ether oxygens (including phenoxy) is 1. The number of nitrogens with one attached hydrogen (secondary N) is 1. The summed E-state index contributed by atoms with van der Waals surface area (Å²) >= 11 is 0. The first-order valence-corrected chi connectivity index (χ1v) is 7.00. The van der Waals surface area contributed by atoms with Crippen LogP contribution in [-0.2, 0) is 0 Å². The highest BCUT2D eigenvalue weighted by Gasteiger charge is 2.16. The second kappa shape index (κ2) is 6.05. The van der Waals surface area contributed by atoms with E-state index in [9.17, 15) is 9.59 Å². The Labute approximate surface area is 129 Å². The average Bonchev–Trinajstić information content (AvgIpc) is 2.46. The van der Waals surface area contributed by atoms with Gasteiger partial charge in [0.1, 0.15) is 5.75 Å². The first kappa shape index (κ1) is 15.8. The molecule has 1 amide bonds. The number of nitrogens with zero attached hydrogens (tertiary/aromatic N) is 1. The molecule has 5 heteroatoms. The number of carbonyl (C=O) groups is 1. The van der Waals surface area contributed by atoms with Crippen LogP contribution in [0.2, 0.25) is 0 Å². The molecule has 1 N–H and O–H groups in total. The van der Waals surface area contributed by atoms with Gasteiger partial charge in [-0.25, -0.2) is 0 Å². The molecule has 0 aliphatic rings. The van der Waals surface area contributed by atoms with Crippen LogP contribution in [-0.4, -0.2) is 23.1 Å². The Morgan fingerprint density at radius 3 is 2.27 bits per heavy atom. The van der Waals surface area contributed by atoms with Gasteiger partial charge in [0.25, 0.3) is 11.5 Å². The van der Waals surface area contributed by atoms with Gasteiger partial charge in [-0.15, -0.1) is 0 Å². The van der Waals surface area contributed by atoms with E-state index in [1.54, 1.807) is 37.6 Å². The molecule has 116 valence electrons. The zero-order valence-corrected chi connectivity index (χ0v) is 13.2. The first-order valence-electron chi connectivity index (χ1n) is 7.00. The van der Waals surface area contributed by atoms with Gasteiger partial charge in [0.2, 0.25) is 0 Å². The van der Waals surface area contributed by atoms with Crippen molar-refractivity contribution in [2.24, 2.45) is 0 Å². The molecule has 0 saturated carbocycles. The number of benzene rings is 1. The van der Waals surface area contributed by atoms with Crippen molar-refractivity contribution < 1.29 is 9.53 Å². The van der Waals surface area contributed by atoms with Crippen molar-refractivity contribution in [3.63, 3.8) is 0 Å². The number of hydrogen-bond acceptors (Lipinski definition) is 3. The van der Waals surface area contributed by atoms with Gasteiger partial charge in [-0.05, 0) is 51.1 Å². The highest BCUT2D eigenvalue weighted by molar-refractivity contribution is 5.94. The molecule has 0 radical (unpaired) electrons. The topological polar surface area (TPSA) is 60.3 Å². The van der Waals surface area contributed by atoms with Gasteiger partial charge in [-0.2, -0.15) is 0 Å².